The van der Waals surface area contributed by atoms with Crippen LogP contribution >= 0.6 is 0 Å². The fraction of sp³-hybridized carbons (Fsp3) is 0.647. The van der Waals surface area contributed by atoms with Gasteiger partial charge in [-0.3, -0.25) is 4.90 Å². The zero-order valence-electron chi connectivity index (χ0n) is 13.2. The number of likely N-dealkylation sites (N-methyl/N-ethyl adjacent to an activating group) is 1. The van der Waals surface area contributed by atoms with Crippen molar-refractivity contribution in [3.8, 4) is 5.75 Å². The van der Waals surface area contributed by atoms with Gasteiger partial charge < -0.3 is 9.84 Å². The quantitative estimate of drug-likeness (QED) is 0.871. The number of hydrogen-bond acceptors (Lipinski definition) is 3. The molecular weight excluding hydrogens is 269 g/mol. The minimum absolute atomic E-state index is 0.217. The fourth-order valence-corrected chi connectivity index (χ4v) is 3.77. The van der Waals surface area contributed by atoms with E-state index < -0.39 is 11.9 Å². The number of rotatable bonds is 6. The van der Waals surface area contributed by atoms with Gasteiger partial charge in [0, 0.05) is 0 Å². The van der Waals surface area contributed by atoms with E-state index in [0.29, 0.717) is 5.56 Å². The Balaban J connectivity index is 2.34. The van der Waals surface area contributed by atoms with Crippen molar-refractivity contribution in [2.24, 2.45) is 0 Å². The number of aliphatic hydroxyl groups excluding tert-OH is 1. The standard InChI is InChI=1S/C17H26FNO2/c1-4-19(5-2)17(10-6-7-11-17)16(20)13-8-9-15(21-3)14(18)12-13/h8-9,12,16,20H,4-7,10-11H2,1-3H3. The average Bonchev–Trinajstić information content (AvgIpc) is 2.98. The molecule has 2 rings (SSSR count). The van der Waals surface area contributed by atoms with Crippen molar-refractivity contribution < 1.29 is 14.2 Å². The molecule has 4 heteroatoms. The Morgan fingerprint density at radius 1 is 1.29 bits per heavy atom. The molecule has 1 aliphatic rings. The number of hydrogen-bond donors (Lipinski definition) is 1. The third kappa shape index (κ3) is 2.92. The number of ether oxygens (including phenoxy) is 1. The molecule has 1 fully saturated rings. The Hall–Kier alpha value is -1.13. The van der Waals surface area contributed by atoms with E-state index in [9.17, 15) is 9.50 Å². The highest BCUT2D eigenvalue weighted by atomic mass is 19.1. The maximum Gasteiger partial charge on any atom is 0.165 e. The van der Waals surface area contributed by atoms with Gasteiger partial charge in [-0.25, -0.2) is 4.39 Å². The van der Waals surface area contributed by atoms with Crippen LogP contribution in [-0.4, -0.2) is 35.7 Å². The van der Waals surface area contributed by atoms with Gasteiger partial charge in [0.05, 0.1) is 18.8 Å². The molecule has 0 heterocycles. The molecule has 118 valence electrons. The van der Waals surface area contributed by atoms with Crippen LogP contribution in [0, 0.1) is 5.82 Å². The van der Waals surface area contributed by atoms with Gasteiger partial charge in [0.15, 0.2) is 11.6 Å². The second kappa shape index (κ2) is 6.75. The number of halogens is 1. The second-order valence-electron chi connectivity index (χ2n) is 5.78. The van der Waals surface area contributed by atoms with E-state index in [2.05, 4.69) is 18.7 Å². The van der Waals surface area contributed by atoms with Crippen molar-refractivity contribution in [2.45, 2.75) is 51.2 Å². The first-order valence-electron chi connectivity index (χ1n) is 7.85. The summed E-state index contributed by atoms with van der Waals surface area (Å²) in [7, 11) is 1.45. The fourth-order valence-electron chi connectivity index (χ4n) is 3.77. The molecule has 0 spiro atoms. The molecule has 3 nitrogen and oxygen atoms in total. The molecule has 0 saturated heterocycles. The van der Waals surface area contributed by atoms with Crippen LogP contribution in [0.25, 0.3) is 0 Å². The first kappa shape index (κ1) is 16.2. The van der Waals surface area contributed by atoms with E-state index >= 15 is 0 Å². The van der Waals surface area contributed by atoms with Crippen LogP contribution in [-0.2, 0) is 0 Å². The summed E-state index contributed by atoms with van der Waals surface area (Å²) in [5.74, 6) is -0.198. The van der Waals surface area contributed by atoms with Crippen molar-refractivity contribution in [3.63, 3.8) is 0 Å². The van der Waals surface area contributed by atoms with Crippen molar-refractivity contribution in [3.05, 3.63) is 29.6 Å². The lowest BCUT2D eigenvalue weighted by molar-refractivity contribution is -0.0270. The SMILES string of the molecule is CCN(CC)C1(C(O)c2ccc(OC)c(F)c2)CCCC1. The van der Waals surface area contributed by atoms with Crippen LogP contribution in [0.2, 0.25) is 0 Å². The van der Waals surface area contributed by atoms with E-state index in [1.54, 1.807) is 12.1 Å². The van der Waals surface area contributed by atoms with Gasteiger partial charge in [-0.2, -0.15) is 0 Å². The third-order valence-corrected chi connectivity index (χ3v) is 4.86. The first-order chi connectivity index (χ1) is 10.1. The second-order valence-corrected chi connectivity index (χ2v) is 5.78. The lowest BCUT2D eigenvalue weighted by Crippen LogP contribution is -2.51. The smallest absolute Gasteiger partial charge is 0.165 e. The van der Waals surface area contributed by atoms with Crippen molar-refractivity contribution in [2.75, 3.05) is 20.2 Å². The first-order valence-corrected chi connectivity index (χ1v) is 7.85. The van der Waals surface area contributed by atoms with Crippen LogP contribution in [0.4, 0.5) is 4.39 Å². The van der Waals surface area contributed by atoms with Gasteiger partial charge in [0.25, 0.3) is 0 Å². The lowest BCUT2D eigenvalue weighted by Gasteiger charge is -2.44. The van der Waals surface area contributed by atoms with Crippen LogP contribution in [0.3, 0.4) is 0 Å². The van der Waals surface area contributed by atoms with Crippen molar-refractivity contribution >= 4 is 0 Å². The molecule has 1 saturated carbocycles. The maximum absolute atomic E-state index is 13.9. The molecule has 0 bridgehead atoms. The molecule has 1 atom stereocenters. The minimum Gasteiger partial charge on any atom is -0.494 e. The Morgan fingerprint density at radius 3 is 2.38 bits per heavy atom. The average molecular weight is 295 g/mol. The highest BCUT2D eigenvalue weighted by Crippen LogP contribution is 2.44. The van der Waals surface area contributed by atoms with E-state index in [1.165, 1.54) is 13.2 Å². The van der Waals surface area contributed by atoms with E-state index in [1.807, 2.05) is 0 Å². The van der Waals surface area contributed by atoms with Crippen LogP contribution in [0.1, 0.15) is 51.2 Å². The Bertz CT molecular complexity index is 468. The molecule has 1 N–H and O–H groups in total. The van der Waals surface area contributed by atoms with Crippen LogP contribution in [0.15, 0.2) is 18.2 Å². The lowest BCUT2D eigenvalue weighted by atomic mass is 9.84. The van der Waals surface area contributed by atoms with Gasteiger partial charge in [-0.05, 0) is 43.6 Å². The summed E-state index contributed by atoms with van der Waals surface area (Å²) in [4.78, 5) is 2.33. The minimum atomic E-state index is -0.666. The van der Waals surface area contributed by atoms with Gasteiger partial charge in [0.2, 0.25) is 0 Å². The van der Waals surface area contributed by atoms with E-state index in [4.69, 9.17) is 4.74 Å². The Kier molecular flexibility index (Phi) is 5.22. The predicted octanol–water partition coefficient (Wildman–Crippen LogP) is 3.52. The van der Waals surface area contributed by atoms with Crippen molar-refractivity contribution in [1.29, 1.82) is 0 Å². The molecular formula is C17H26FNO2. The summed E-state index contributed by atoms with van der Waals surface area (Å²) >= 11 is 0. The van der Waals surface area contributed by atoms with Crippen LogP contribution < -0.4 is 4.74 Å². The van der Waals surface area contributed by atoms with E-state index in [0.717, 1.165) is 38.8 Å². The molecule has 1 aromatic carbocycles. The molecule has 1 unspecified atom stereocenters. The summed E-state index contributed by atoms with van der Waals surface area (Å²) < 4.78 is 18.9. The number of nitrogens with zero attached hydrogens (tertiary/aromatic N) is 1. The van der Waals surface area contributed by atoms with Gasteiger partial charge >= 0.3 is 0 Å². The maximum atomic E-state index is 13.9. The zero-order valence-corrected chi connectivity index (χ0v) is 13.2. The predicted molar refractivity (Wildman–Crippen MR) is 82.0 cm³/mol. The molecule has 0 aliphatic heterocycles. The summed E-state index contributed by atoms with van der Waals surface area (Å²) in [6.45, 7) is 6.02. The summed E-state index contributed by atoms with van der Waals surface area (Å²) in [5.41, 5.74) is 0.381. The molecule has 1 aromatic rings. The topological polar surface area (TPSA) is 32.7 Å². The summed E-state index contributed by atoms with van der Waals surface area (Å²) in [6, 6.07) is 4.78. The van der Waals surface area contributed by atoms with Gasteiger partial charge in [-0.1, -0.05) is 32.8 Å². The Labute approximate surface area is 126 Å². The highest BCUT2D eigenvalue weighted by Gasteiger charge is 2.45. The molecule has 1 aliphatic carbocycles. The summed E-state index contributed by atoms with van der Waals surface area (Å²) in [5, 5.41) is 10.9. The highest BCUT2D eigenvalue weighted by molar-refractivity contribution is 5.32. The molecule has 0 amide bonds. The van der Waals surface area contributed by atoms with Crippen molar-refractivity contribution in [1.82, 2.24) is 4.90 Å². The Morgan fingerprint density at radius 2 is 1.90 bits per heavy atom. The van der Waals surface area contributed by atoms with Gasteiger partial charge in [-0.15, -0.1) is 0 Å². The van der Waals surface area contributed by atoms with Crippen LogP contribution in [0.5, 0.6) is 5.75 Å². The number of benzene rings is 1. The van der Waals surface area contributed by atoms with E-state index in [-0.39, 0.29) is 11.3 Å². The zero-order chi connectivity index (χ0) is 15.5. The largest absolute Gasteiger partial charge is 0.494 e. The summed E-state index contributed by atoms with van der Waals surface area (Å²) in [6.07, 6.45) is 3.49. The third-order valence-electron chi connectivity index (χ3n) is 4.86. The number of methoxy groups -OCH3 is 1. The van der Waals surface area contributed by atoms with Gasteiger partial charge in [0.1, 0.15) is 0 Å². The normalized spacial score (nSPS) is 19.0. The number of aliphatic hydroxyl groups is 1. The molecule has 0 radical (unpaired) electrons. The molecule has 21 heavy (non-hydrogen) atoms. The monoisotopic (exact) mass is 295 g/mol. The molecule has 0 aromatic heterocycles.